The SMILES string of the molecule is CSc1ccc(NC(=O)Oc2ccc3c(C)cc(=O)oc3c2)cc1. The topological polar surface area (TPSA) is 68.5 Å². The highest BCUT2D eigenvalue weighted by Gasteiger charge is 2.08. The highest BCUT2D eigenvalue weighted by Crippen LogP contribution is 2.23. The third-order valence-electron chi connectivity index (χ3n) is 3.47. The van der Waals surface area contributed by atoms with Crippen molar-refractivity contribution in [3.8, 4) is 5.75 Å². The molecule has 0 saturated heterocycles. The van der Waals surface area contributed by atoms with Crippen LogP contribution in [0.2, 0.25) is 0 Å². The van der Waals surface area contributed by atoms with Crippen molar-refractivity contribution in [3.05, 3.63) is 64.5 Å². The van der Waals surface area contributed by atoms with Crippen molar-refractivity contribution in [2.75, 3.05) is 11.6 Å². The van der Waals surface area contributed by atoms with Crippen LogP contribution in [0.1, 0.15) is 5.56 Å². The van der Waals surface area contributed by atoms with Gasteiger partial charge in [-0.2, -0.15) is 0 Å². The van der Waals surface area contributed by atoms with Crippen LogP contribution in [-0.4, -0.2) is 12.3 Å². The van der Waals surface area contributed by atoms with Gasteiger partial charge in [0.1, 0.15) is 11.3 Å². The second-order valence-corrected chi connectivity index (χ2v) is 6.03. The van der Waals surface area contributed by atoms with Gasteiger partial charge in [-0.05, 0) is 55.1 Å². The number of nitrogens with one attached hydrogen (secondary N) is 1. The van der Waals surface area contributed by atoms with Gasteiger partial charge in [0.15, 0.2) is 0 Å². The molecule has 3 aromatic rings. The Morgan fingerprint density at radius 1 is 1.12 bits per heavy atom. The van der Waals surface area contributed by atoms with E-state index in [1.165, 1.54) is 12.1 Å². The van der Waals surface area contributed by atoms with Gasteiger partial charge < -0.3 is 9.15 Å². The van der Waals surface area contributed by atoms with Gasteiger partial charge in [0, 0.05) is 28.1 Å². The molecule has 1 heterocycles. The molecule has 2 aromatic carbocycles. The van der Waals surface area contributed by atoms with Gasteiger partial charge in [-0.15, -0.1) is 11.8 Å². The molecule has 0 atom stereocenters. The highest BCUT2D eigenvalue weighted by atomic mass is 32.2. The molecule has 6 heteroatoms. The zero-order chi connectivity index (χ0) is 17.1. The molecule has 0 unspecified atom stereocenters. The Bertz CT molecular complexity index is 947. The van der Waals surface area contributed by atoms with E-state index in [-0.39, 0.29) is 0 Å². The van der Waals surface area contributed by atoms with Gasteiger partial charge in [-0.1, -0.05) is 0 Å². The van der Waals surface area contributed by atoms with E-state index in [0.29, 0.717) is 17.0 Å². The van der Waals surface area contributed by atoms with Gasteiger partial charge in [0.25, 0.3) is 0 Å². The van der Waals surface area contributed by atoms with Crippen LogP contribution in [0.15, 0.2) is 62.6 Å². The van der Waals surface area contributed by atoms with E-state index in [1.807, 2.05) is 25.3 Å². The molecule has 5 nitrogen and oxygen atoms in total. The van der Waals surface area contributed by atoms with E-state index in [4.69, 9.17) is 9.15 Å². The van der Waals surface area contributed by atoms with Crippen molar-refractivity contribution in [1.29, 1.82) is 0 Å². The second-order valence-electron chi connectivity index (χ2n) is 5.15. The molecule has 0 saturated carbocycles. The molecule has 0 aliphatic heterocycles. The molecule has 0 spiro atoms. The fraction of sp³-hybridized carbons (Fsp3) is 0.111. The molecule has 3 rings (SSSR count). The van der Waals surface area contributed by atoms with E-state index in [9.17, 15) is 9.59 Å². The fourth-order valence-electron chi connectivity index (χ4n) is 2.29. The van der Waals surface area contributed by atoms with Crippen molar-refractivity contribution in [3.63, 3.8) is 0 Å². The highest BCUT2D eigenvalue weighted by molar-refractivity contribution is 7.98. The summed E-state index contributed by atoms with van der Waals surface area (Å²) in [6, 6.07) is 13.8. The van der Waals surface area contributed by atoms with Gasteiger partial charge >= 0.3 is 11.7 Å². The Morgan fingerprint density at radius 3 is 2.58 bits per heavy atom. The van der Waals surface area contributed by atoms with E-state index in [0.717, 1.165) is 15.8 Å². The van der Waals surface area contributed by atoms with Gasteiger partial charge in [0.2, 0.25) is 0 Å². The quantitative estimate of drug-likeness (QED) is 0.563. The van der Waals surface area contributed by atoms with Gasteiger partial charge in [-0.3, -0.25) is 5.32 Å². The summed E-state index contributed by atoms with van der Waals surface area (Å²) < 4.78 is 10.4. The van der Waals surface area contributed by atoms with Crippen molar-refractivity contribution in [1.82, 2.24) is 0 Å². The first-order valence-corrected chi connectivity index (χ1v) is 8.45. The Morgan fingerprint density at radius 2 is 1.88 bits per heavy atom. The summed E-state index contributed by atoms with van der Waals surface area (Å²) in [6.45, 7) is 1.82. The zero-order valence-corrected chi connectivity index (χ0v) is 14.0. The first kappa shape index (κ1) is 16.1. The average Bonchev–Trinajstić information content (AvgIpc) is 2.55. The summed E-state index contributed by atoms with van der Waals surface area (Å²) in [5, 5.41) is 3.45. The van der Waals surface area contributed by atoms with Crippen LogP contribution in [-0.2, 0) is 0 Å². The summed E-state index contributed by atoms with van der Waals surface area (Å²) in [6.07, 6.45) is 1.37. The Hall–Kier alpha value is -2.73. The first-order chi connectivity index (χ1) is 11.5. The minimum atomic E-state index is -0.610. The maximum atomic E-state index is 12.0. The van der Waals surface area contributed by atoms with Crippen molar-refractivity contribution >= 4 is 34.5 Å². The molecule has 1 N–H and O–H groups in total. The Kier molecular flexibility index (Phi) is 4.57. The lowest BCUT2D eigenvalue weighted by Gasteiger charge is -2.08. The smallest absolute Gasteiger partial charge is 0.417 e. The minimum Gasteiger partial charge on any atom is -0.423 e. The number of ether oxygens (including phenoxy) is 1. The normalized spacial score (nSPS) is 10.6. The molecular weight excluding hydrogens is 326 g/mol. The van der Waals surface area contributed by atoms with Crippen LogP contribution in [0, 0.1) is 6.92 Å². The number of anilines is 1. The number of hydrogen-bond acceptors (Lipinski definition) is 5. The predicted molar refractivity (Wildman–Crippen MR) is 95.1 cm³/mol. The lowest BCUT2D eigenvalue weighted by molar-refractivity contribution is 0.215. The molecule has 0 aliphatic rings. The third kappa shape index (κ3) is 3.60. The molecule has 0 bridgehead atoms. The molecule has 1 amide bonds. The lowest BCUT2D eigenvalue weighted by Crippen LogP contribution is -2.16. The van der Waals surface area contributed by atoms with E-state index in [1.54, 1.807) is 36.0 Å². The molecule has 0 fully saturated rings. The van der Waals surface area contributed by atoms with Crippen LogP contribution >= 0.6 is 11.8 Å². The van der Waals surface area contributed by atoms with Gasteiger partial charge in [0.05, 0.1) is 0 Å². The number of fused-ring (bicyclic) bond motifs is 1. The summed E-state index contributed by atoms with van der Waals surface area (Å²) >= 11 is 1.62. The van der Waals surface area contributed by atoms with Crippen molar-refractivity contribution in [2.24, 2.45) is 0 Å². The standard InChI is InChI=1S/C18H15NO4S/c1-11-9-17(20)23-16-10-13(5-8-15(11)16)22-18(21)19-12-3-6-14(24-2)7-4-12/h3-10H,1-2H3,(H,19,21). The van der Waals surface area contributed by atoms with Crippen LogP contribution in [0.5, 0.6) is 5.75 Å². The second kappa shape index (κ2) is 6.80. The van der Waals surface area contributed by atoms with Crippen LogP contribution < -0.4 is 15.7 Å². The van der Waals surface area contributed by atoms with E-state index < -0.39 is 11.7 Å². The number of aryl methyl sites for hydroxylation is 1. The number of rotatable bonds is 3. The van der Waals surface area contributed by atoms with Crippen molar-refractivity contribution < 1.29 is 13.9 Å². The van der Waals surface area contributed by atoms with Crippen molar-refractivity contribution in [2.45, 2.75) is 11.8 Å². The van der Waals surface area contributed by atoms with Crippen LogP contribution in [0.4, 0.5) is 10.5 Å². The summed E-state index contributed by atoms with van der Waals surface area (Å²) in [7, 11) is 0. The summed E-state index contributed by atoms with van der Waals surface area (Å²) in [5.74, 6) is 0.300. The number of thioether (sulfide) groups is 1. The number of carbonyl (C=O) groups excluding carboxylic acids is 1. The summed E-state index contributed by atoms with van der Waals surface area (Å²) in [5.41, 5.74) is 1.40. The maximum absolute atomic E-state index is 12.0. The Balaban J connectivity index is 1.76. The number of carbonyl (C=O) groups is 1. The van der Waals surface area contributed by atoms with E-state index in [2.05, 4.69) is 5.32 Å². The molecule has 1 aromatic heterocycles. The third-order valence-corrected chi connectivity index (χ3v) is 4.21. The molecule has 122 valence electrons. The molecule has 0 radical (unpaired) electrons. The number of hydrogen-bond donors (Lipinski definition) is 1. The summed E-state index contributed by atoms with van der Waals surface area (Å²) in [4.78, 5) is 24.5. The average molecular weight is 341 g/mol. The monoisotopic (exact) mass is 341 g/mol. The first-order valence-electron chi connectivity index (χ1n) is 7.22. The maximum Gasteiger partial charge on any atom is 0.417 e. The van der Waals surface area contributed by atoms with Crippen LogP contribution in [0.3, 0.4) is 0 Å². The lowest BCUT2D eigenvalue weighted by atomic mass is 10.1. The minimum absolute atomic E-state index is 0.300. The number of benzene rings is 2. The number of amides is 1. The largest absolute Gasteiger partial charge is 0.423 e. The Labute approximate surface area is 142 Å². The van der Waals surface area contributed by atoms with E-state index >= 15 is 0 Å². The fourth-order valence-corrected chi connectivity index (χ4v) is 2.70. The zero-order valence-electron chi connectivity index (χ0n) is 13.2. The van der Waals surface area contributed by atoms with Gasteiger partial charge in [-0.25, -0.2) is 9.59 Å². The van der Waals surface area contributed by atoms with Crippen LogP contribution in [0.25, 0.3) is 11.0 Å². The molecule has 0 aliphatic carbocycles. The molecular formula is C18H15NO4S. The predicted octanol–water partition coefficient (Wildman–Crippen LogP) is 4.43. The molecule has 24 heavy (non-hydrogen) atoms.